The molecule has 0 saturated carbocycles. The van der Waals surface area contributed by atoms with Gasteiger partial charge in [0.15, 0.2) is 11.4 Å². The molecular weight excluding hydrogens is 522 g/mol. The number of anilines is 2. The zero-order valence-electron chi connectivity index (χ0n) is 22.8. The molecule has 0 unspecified atom stereocenters. The molecule has 0 aliphatic heterocycles. The normalized spacial score (nSPS) is 10.4. The van der Waals surface area contributed by atoms with Crippen LogP contribution in [0.25, 0.3) is 0 Å². The van der Waals surface area contributed by atoms with E-state index in [0.29, 0.717) is 16.9 Å². The van der Waals surface area contributed by atoms with Crippen LogP contribution in [-0.2, 0) is 22.6 Å². The van der Waals surface area contributed by atoms with Crippen molar-refractivity contribution in [3.8, 4) is 0 Å². The summed E-state index contributed by atoms with van der Waals surface area (Å²) in [7, 11) is 3.67. The van der Waals surface area contributed by atoms with Gasteiger partial charge in [-0.05, 0) is 26.0 Å². The van der Waals surface area contributed by atoms with Crippen LogP contribution in [0.2, 0.25) is 0 Å². The molecule has 40 heavy (non-hydrogen) atoms. The topological polar surface area (TPSA) is 117 Å². The van der Waals surface area contributed by atoms with E-state index in [1.54, 1.807) is 61.0 Å². The number of benzene rings is 2. The molecule has 0 fully saturated rings. The van der Waals surface area contributed by atoms with Crippen molar-refractivity contribution in [1.29, 1.82) is 0 Å². The number of nitrogen functional groups attached to an aromatic ring is 1. The van der Waals surface area contributed by atoms with Crippen LogP contribution in [0.3, 0.4) is 0 Å². The summed E-state index contributed by atoms with van der Waals surface area (Å²) in [5.41, 5.74) is 7.05. The van der Waals surface area contributed by atoms with Crippen LogP contribution >= 0.6 is 0 Å². The molecule has 0 aliphatic carbocycles. The first-order valence-corrected chi connectivity index (χ1v) is 12.5. The summed E-state index contributed by atoms with van der Waals surface area (Å²) in [5, 5.41) is 8.24. The minimum Gasteiger partial charge on any atom is -0.461 e. The van der Waals surface area contributed by atoms with Crippen LogP contribution < -0.4 is 10.6 Å². The highest BCUT2D eigenvalue weighted by atomic mass is 19.1. The number of hydrogen-bond donors (Lipinski definition) is 1. The molecule has 0 aliphatic rings. The van der Waals surface area contributed by atoms with E-state index in [9.17, 15) is 18.4 Å². The quantitative estimate of drug-likeness (QED) is 0.307. The van der Waals surface area contributed by atoms with E-state index in [2.05, 4.69) is 10.2 Å². The van der Waals surface area contributed by atoms with Gasteiger partial charge in [0.2, 0.25) is 0 Å². The fourth-order valence-corrected chi connectivity index (χ4v) is 3.63. The molecule has 2 aromatic heterocycles. The number of carbonyl (C=O) groups is 2. The molecule has 0 radical (unpaired) electrons. The molecule has 2 heterocycles. The number of halogens is 2. The van der Waals surface area contributed by atoms with Crippen LogP contribution in [0, 0.1) is 11.6 Å². The molecule has 12 heteroatoms. The molecule has 0 spiro atoms. The lowest BCUT2D eigenvalue weighted by Crippen LogP contribution is -2.16. The Morgan fingerprint density at radius 2 is 1.25 bits per heavy atom. The maximum absolute atomic E-state index is 13.7. The van der Waals surface area contributed by atoms with Gasteiger partial charge in [-0.1, -0.05) is 36.4 Å². The number of ether oxygens (including phenoxy) is 2. The van der Waals surface area contributed by atoms with Crippen molar-refractivity contribution in [2.24, 2.45) is 0 Å². The summed E-state index contributed by atoms with van der Waals surface area (Å²) in [6.07, 6.45) is 0. The van der Waals surface area contributed by atoms with E-state index in [-0.39, 0.29) is 55.1 Å². The fraction of sp³-hybridized carbons (Fsp3) is 0.286. The van der Waals surface area contributed by atoms with Gasteiger partial charge in [0.1, 0.15) is 23.3 Å². The maximum atomic E-state index is 13.7. The largest absolute Gasteiger partial charge is 0.461 e. The van der Waals surface area contributed by atoms with Crippen LogP contribution in [0.1, 0.15) is 46.0 Å². The van der Waals surface area contributed by atoms with Gasteiger partial charge in [0.05, 0.1) is 26.3 Å². The molecule has 2 aromatic carbocycles. The van der Waals surface area contributed by atoms with Crippen LogP contribution in [-0.4, -0.2) is 58.8 Å². The number of aromatic nitrogens is 4. The van der Waals surface area contributed by atoms with E-state index < -0.39 is 11.9 Å². The summed E-state index contributed by atoms with van der Waals surface area (Å²) in [6.45, 7) is 4.41. The number of carbonyl (C=O) groups excluding carboxylic acids is 2. The summed E-state index contributed by atoms with van der Waals surface area (Å²) in [4.78, 5) is 25.1. The number of rotatable bonds is 9. The van der Waals surface area contributed by atoms with Gasteiger partial charge in [0.25, 0.3) is 0 Å². The zero-order chi connectivity index (χ0) is 29.2. The van der Waals surface area contributed by atoms with Gasteiger partial charge >= 0.3 is 11.9 Å². The van der Waals surface area contributed by atoms with Crippen molar-refractivity contribution in [3.05, 3.63) is 94.8 Å². The summed E-state index contributed by atoms with van der Waals surface area (Å²) in [5.74, 6) is -0.660. The van der Waals surface area contributed by atoms with Crippen LogP contribution in [0.15, 0.2) is 60.7 Å². The molecule has 212 valence electrons. The Labute approximate surface area is 230 Å². The molecule has 4 rings (SSSR count). The van der Waals surface area contributed by atoms with Crippen molar-refractivity contribution in [2.45, 2.75) is 26.9 Å². The Balaban J connectivity index is 0.000000222. The maximum Gasteiger partial charge on any atom is 0.358 e. The van der Waals surface area contributed by atoms with Crippen LogP contribution in [0.5, 0.6) is 0 Å². The average molecular weight is 555 g/mol. The average Bonchev–Trinajstić information content (AvgIpc) is 3.51. The Kier molecular flexibility index (Phi) is 10.3. The SMILES string of the molecule is CCOC(=O)c1cc(N(C)C)n(Cc2ccccc2F)n1.CCOC(=O)c1cc(N)n(Cc2ccccc2F)n1. The fourth-order valence-electron chi connectivity index (χ4n) is 3.63. The second-order valence-electron chi connectivity index (χ2n) is 8.68. The van der Waals surface area contributed by atoms with E-state index in [0.717, 1.165) is 0 Å². The van der Waals surface area contributed by atoms with Crippen LogP contribution in [0.4, 0.5) is 20.4 Å². The van der Waals surface area contributed by atoms with Crippen molar-refractivity contribution in [1.82, 2.24) is 19.6 Å². The molecule has 0 atom stereocenters. The molecule has 0 bridgehead atoms. The minimum absolute atomic E-state index is 0.121. The van der Waals surface area contributed by atoms with Crippen molar-refractivity contribution in [3.63, 3.8) is 0 Å². The third-order valence-electron chi connectivity index (χ3n) is 5.55. The molecule has 4 aromatic rings. The van der Waals surface area contributed by atoms with Crippen molar-refractivity contribution < 1.29 is 27.8 Å². The summed E-state index contributed by atoms with van der Waals surface area (Å²) in [6, 6.07) is 15.9. The summed E-state index contributed by atoms with van der Waals surface area (Å²) < 4.78 is 40.0. The Bertz CT molecular complexity index is 1450. The number of nitrogens with two attached hydrogens (primary N) is 1. The second kappa shape index (κ2) is 13.9. The third-order valence-corrected chi connectivity index (χ3v) is 5.55. The first-order chi connectivity index (χ1) is 19.1. The molecular formula is C28H32F2N6O4. The highest BCUT2D eigenvalue weighted by molar-refractivity contribution is 5.88. The van der Waals surface area contributed by atoms with Gasteiger partial charge in [0, 0.05) is 37.4 Å². The number of nitrogens with zero attached hydrogens (tertiary/aromatic N) is 5. The van der Waals surface area contributed by atoms with Gasteiger partial charge in [-0.2, -0.15) is 10.2 Å². The highest BCUT2D eigenvalue weighted by Gasteiger charge is 2.18. The highest BCUT2D eigenvalue weighted by Crippen LogP contribution is 2.18. The standard InChI is InChI=1S/C15H18FN3O2.C13H14FN3O2/c1-4-21-15(20)13-9-14(18(2)3)19(17-13)10-11-7-5-6-8-12(11)16;1-2-19-13(18)11-7-12(15)17(16-11)8-9-5-3-4-6-10(9)14/h5-9H,4,10H2,1-3H3;3-7H,2,8,15H2,1H3. The van der Waals surface area contributed by atoms with Gasteiger partial charge in [-0.3, -0.25) is 0 Å². The Morgan fingerprint density at radius 3 is 1.73 bits per heavy atom. The second-order valence-corrected chi connectivity index (χ2v) is 8.68. The van der Waals surface area contributed by atoms with E-state index >= 15 is 0 Å². The molecule has 2 N–H and O–H groups in total. The van der Waals surface area contributed by atoms with Crippen molar-refractivity contribution in [2.75, 3.05) is 37.9 Å². The van der Waals surface area contributed by atoms with Gasteiger partial charge in [-0.25, -0.2) is 27.7 Å². The molecule has 10 nitrogen and oxygen atoms in total. The first kappa shape index (κ1) is 29.8. The lowest BCUT2D eigenvalue weighted by atomic mass is 10.2. The zero-order valence-corrected chi connectivity index (χ0v) is 22.8. The smallest absolute Gasteiger partial charge is 0.358 e. The number of hydrogen-bond acceptors (Lipinski definition) is 8. The minimum atomic E-state index is -0.540. The lowest BCUT2D eigenvalue weighted by Gasteiger charge is -2.14. The van der Waals surface area contributed by atoms with E-state index in [1.807, 2.05) is 19.0 Å². The monoisotopic (exact) mass is 554 g/mol. The van der Waals surface area contributed by atoms with Gasteiger partial charge < -0.3 is 20.1 Å². The lowest BCUT2D eigenvalue weighted by molar-refractivity contribution is 0.0509. The molecule has 0 saturated heterocycles. The Morgan fingerprint density at radius 1 is 0.800 bits per heavy atom. The van der Waals surface area contributed by atoms with Crippen molar-refractivity contribution >= 4 is 23.6 Å². The Hall–Kier alpha value is -4.74. The third kappa shape index (κ3) is 7.65. The van der Waals surface area contributed by atoms with Gasteiger partial charge in [-0.15, -0.1) is 0 Å². The first-order valence-electron chi connectivity index (χ1n) is 12.5. The molecule has 0 amide bonds. The summed E-state index contributed by atoms with van der Waals surface area (Å²) >= 11 is 0. The van der Waals surface area contributed by atoms with E-state index in [4.69, 9.17) is 15.2 Å². The van der Waals surface area contributed by atoms with E-state index in [1.165, 1.54) is 22.9 Å². The number of esters is 2. The predicted octanol–water partition coefficient (Wildman–Crippen LogP) is 4.14. The predicted molar refractivity (Wildman–Crippen MR) is 146 cm³/mol.